The predicted molar refractivity (Wildman–Crippen MR) is 124 cm³/mol. The van der Waals surface area contributed by atoms with E-state index in [1.54, 1.807) is 41.5 Å². The number of carbonyl (C=O) groups is 4. The van der Waals surface area contributed by atoms with Crippen LogP contribution in [0.15, 0.2) is 18.2 Å². The summed E-state index contributed by atoms with van der Waals surface area (Å²) in [6, 6.07) is 4.28. The molecule has 2 atom stereocenters. The SMILES string of the molecule is CCC(=O)OC(C)C[C@@](N)(Cc1ccc(OC(=O)OC(C)C)c(OC(=O)OC(C)C)c1)C(=O)OC. The third-order valence-corrected chi connectivity index (χ3v) is 4.44. The van der Waals surface area contributed by atoms with Crippen molar-refractivity contribution in [2.45, 2.75) is 84.7 Å². The first-order valence-corrected chi connectivity index (χ1v) is 11.3. The van der Waals surface area contributed by atoms with Gasteiger partial charge in [0.15, 0.2) is 11.5 Å². The molecule has 0 spiro atoms. The summed E-state index contributed by atoms with van der Waals surface area (Å²) < 4.78 is 30.5. The van der Waals surface area contributed by atoms with Crippen molar-refractivity contribution in [3.63, 3.8) is 0 Å². The first-order valence-electron chi connectivity index (χ1n) is 11.3. The van der Waals surface area contributed by atoms with Crippen molar-refractivity contribution in [3.8, 4) is 11.5 Å². The molecule has 2 N–H and O–H groups in total. The second-order valence-electron chi connectivity index (χ2n) is 8.50. The van der Waals surface area contributed by atoms with Crippen molar-refractivity contribution in [3.05, 3.63) is 23.8 Å². The highest BCUT2D eigenvalue weighted by atomic mass is 16.7. The molecule has 196 valence electrons. The summed E-state index contributed by atoms with van der Waals surface area (Å²) in [7, 11) is 1.19. The maximum Gasteiger partial charge on any atom is 0.514 e. The lowest BCUT2D eigenvalue weighted by atomic mass is 9.86. The Morgan fingerprint density at radius 1 is 0.886 bits per heavy atom. The van der Waals surface area contributed by atoms with E-state index in [9.17, 15) is 19.2 Å². The molecule has 0 saturated heterocycles. The van der Waals surface area contributed by atoms with Gasteiger partial charge in [0, 0.05) is 19.3 Å². The van der Waals surface area contributed by atoms with E-state index in [-0.39, 0.29) is 30.8 Å². The van der Waals surface area contributed by atoms with Gasteiger partial charge in [-0.25, -0.2) is 9.59 Å². The Balaban J connectivity index is 3.26. The van der Waals surface area contributed by atoms with Crippen molar-refractivity contribution in [1.29, 1.82) is 0 Å². The molecule has 0 heterocycles. The summed E-state index contributed by atoms with van der Waals surface area (Å²) in [5, 5.41) is 0. The van der Waals surface area contributed by atoms with Gasteiger partial charge in [0.25, 0.3) is 0 Å². The number of hydrogen-bond donors (Lipinski definition) is 1. The third-order valence-electron chi connectivity index (χ3n) is 4.44. The maximum atomic E-state index is 12.5. The molecule has 1 aromatic rings. The van der Waals surface area contributed by atoms with Gasteiger partial charge in [-0.3, -0.25) is 9.59 Å². The van der Waals surface area contributed by atoms with E-state index in [0.717, 1.165) is 0 Å². The lowest BCUT2D eigenvalue weighted by Crippen LogP contribution is -2.53. The Morgan fingerprint density at radius 3 is 1.91 bits per heavy atom. The van der Waals surface area contributed by atoms with Crippen molar-refractivity contribution < 1.29 is 47.6 Å². The molecule has 0 aliphatic carbocycles. The van der Waals surface area contributed by atoms with Gasteiger partial charge in [-0.1, -0.05) is 13.0 Å². The minimum atomic E-state index is -1.57. The normalized spacial score (nSPS) is 13.4. The summed E-state index contributed by atoms with van der Waals surface area (Å²) in [6.07, 6.45) is -3.50. The standard InChI is InChI=1S/C24H35NO10/c1-8-20(26)33-16(6)12-24(25,21(27)30-7)13-17-9-10-18(34-22(28)31-14(2)3)19(11-17)35-23(29)32-15(4)5/h9-11,14-16H,8,12-13,25H2,1-7H3/t16?,24-/m1/s1. The Bertz CT molecular complexity index is 898. The van der Waals surface area contributed by atoms with E-state index in [1.165, 1.54) is 25.3 Å². The summed E-state index contributed by atoms with van der Waals surface area (Å²) >= 11 is 0. The number of ether oxygens (including phenoxy) is 6. The minimum absolute atomic E-state index is 0.0318. The molecule has 0 aliphatic rings. The lowest BCUT2D eigenvalue weighted by Gasteiger charge is -2.29. The van der Waals surface area contributed by atoms with Crippen LogP contribution in [0.5, 0.6) is 11.5 Å². The molecule has 11 heteroatoms. The maximum absolute atomic E-state index is 12.5. The minimum Gasteiger partial charge on any atom is -0.468 e. The molecule has 0 aliphatic heterocycles. The van der Waals surface area contributed by atoms with Gasteiger partial charge in [0.2, 0.25) is 0 Å². The summed E-state index contributed by atoms with van der Waals surface area (Å²) in [5.74, 6) is -1.41. The van der Waals surface area contributed by atoms with Gasteiger partial charge < -0.3 is 34.2 Å². The quantitative estimate of drug-likeness (QED) is 0.271. The number of carbonyl (C=O) groups excluding carboxylic acids is 4. The number of nitrogens with two attached hydrogens (primary N) is 1. The number of methoxy groups -OCH3 is 1. The molecule has 11 nitrogen and oxygen atoms in total. The predicted octanol–water partition coefficient (Wildman–Crippen LogP) is 3.68. The van der Waals surface area contributed by atoms with Gasteiger partial charge in [0.1, 0.15) is 11.6 Å². The van der Waals surface area contributed by atoms with Crippen LogP contribution in [0.4, 0.5) is 9.59 Å². The molecule has 0 bridgehead atoms. The smallest absolute Gasteiger partial charge is 0.468 e. The number of rotatable bonds is 11. The molecule has 0 aromatic heterocycles. The van der Waals surface area contributed by atoms with Gasteiger partial charge >= 0.3 is 24.2 Å². The zero-order valence-electron chi connectivity index (χ0n) is 21.2. The average Bonchev–Trinajstić information content (AvgIpc) is 2.73. The van der Waals surface area contributed by atoms with E-state index in [1.807, 2.05) is 0 Å². The fraction of sp³-hybridized carbons (Fsp3) is 0.583. The molecule has 1 aromatic carbocycles. The van der Waals surface area contributed by atoms with Crippen LogP contribution < -0.4 is 15.2 Å². The Morgan fingerprint density at radius 2 is 1.43 bits per heavy atom. The highest BCUT2D eigenvalue weighted by Crippen LogP contribution is 2.32. The van der Waals surface area contributed by atoms with Crippen LogP contribution in [-0.4, -0.2) is 55.2 Å². The van der Waals surface area contributed by atoms with Crippen molar-refractivity contribution in [2.75, 3.05) is 7.11 Å². The average molecular weight is 498 g/mol. The fourth-order valence-corrected chi connectivity index (χ4v) is 3.10. The Hall–Kier alpha value is -3.34. The van der Waals surface area contributed by atoms with Crippen LogP contribution in [-0.2, 0) is 35.0 Å². The van der Waals surface area contributed by atoms with Crippen LogP contribution >= 0.6 is 0 Å². The Labute approximate surface area is 205 Å². The van der Waals surface area contributed by atoms with Gasteiger partial charge in [-0.05, 0) is 52.3 Å². The molecule has 1 unspecified atom stereocenters. The zero-order chi connectivity index (χ0) is 26.8. The van der Waals surface area contributed by atoms with Crippen LogP contribution in [0.2, 0.25) is 0 Å². The number of hydrogen-bond acceptors (Lipinski definition) is 11. The first-order chi connectivity index (χ1) is 16.3. The number of esters is 2. The van der Waals surface area contributed by atoms with Crippen molar-refractivity contribution in [2.24, 2.45) is 5.73 Å². The second-order valence-corrected chi connectivity index (χ2v) is 8.50. The molecule has 35 heavy (non-hydrogen) atoms. The van der Waals surface area contributed by atoms with Crippen molar-refractivity contribution >= 4 is 24.2 Å². The van der Waals surface area contributed by atoms with Gasteiger partial charge in [0.05, 0.1) is 19.3 Å². The molecular weight excluding hydrogens is 462 g/mol. The molecule has 0 saturated carbocycles. The monoisotopic (exact) mass is 497 g/mol. The lowest BCUT2D eigenvalue weighted by molar-refractivity contribution is -0.154. The van der Waals surface area contributed by atoms with E-state index in [0.29, 0.717) is 5.56 Å². The van der Waals surface area contributed by atoms with Gasteiger partial charge in [-0.2, -0.15) is 0 Å². The highest BCUT2D eigenvalue weighted by molar-refractivity contribution is 5.81. The van der Waals surface area contributed by atoms with Crippen LogP contribution in [0.3, 0.4) is 0 Å². The first kappa shape index (κ1) is 29.7. The summed E-state index contributed by atoms with van der Waals surface area (Å²) in [5.41, 5.74) is 5.26. The second kappa shape index (κ2) is 13.5. The third kappa shape index (κ3) is 10.2. The van der Waals surface area contributed by atoms with Crippen LogP contribution in [0.1, 0.15) is 59.9 Å². The fourth-order valence-electron chi connectivity index (χ4n) is 3.10. The molecular formula is C24H35NO10. The molecule has 1 rings (SSSR count). The summed E-state index contributed by atoms with van der Waals surface area (Å²) in [4.78, 5) is 48.3. The van der Waals surface area contributed by atoms with E-state index in [4.69, 9.17) is 34.2 Å². The van der Waals surface area contributed by atoms with Crippen LogP contribution in [0, 0.1) is 0 Å². The molecule has 0 radical (unpaired) electrons. The zero-order valence-corrected chi connectivity index (χ0v) is 21.2. The Kier molecular flexibility index (Phi) is 11.5. The molecule has 0 amide bonds. The van der Waals surface area contributed by atoms with Gasteiger partial charge in [-0.15, -0.1) is 0 Å². The van der Waals surface area contributed by atoms with E-state index >= 15 is 0 Å². The number of benzene rings is 1. The molecule has 0 fully saturated rings. The topological polar surface area (TPSA) is 150 Å². The van der Waals surface area contributed by atoms with E-state index < -0.39 is 48.1 Å². The highest BCUT2D eigenvalue weighted by Gasteiger charge is 2.38. The van der Waals surface area contributed by atoms with Crippen molar-refractivity contribution in [1.82, 2.24) is 0 Å². The largest absolute Gasteiger partial charge is 0.514 e. The van der Waals surface area contributed by atoms with E-state index in [2.05, 4.69) is 0 Å². The van der Waals surface area contributed by atoms with Crippen LogP contribution in [0.25, 0.3) is 0 Å². The summed E-state index contributed by atoms with van der Waals surface area (Å²) in [6.45, 7) is 9.84.